The number of carbonyl (C=O) groups excluding carboxylic acids is 1. The maximum Gasteiger partial charge on any atom is 0.234 e. The van der Waals surface area contributed by atoms with Crippen LogP contribution < -0.4 is 10.1 Å². The summed E-state index contributed by atoms with van der Waals surface area (Å²) < 4.78 is 7.73. The minimum atomic E-state index is -0.128. The summed E-state index contributed by atoms with van der Waals surface area (Å²) in [6.45, 7) is 2.67. The highest BCUT2D eigenvalue weighted by Gasteiger charge is 2.16. The SMILES string of the molecule is CCn1c(SCC(=O)Nc2ccc(Oc3ccccc3)cc2)nnc1-c1ccccc1Cl. The number of anilines is 1. The van der Waals surface area contributed by atoms with Gasteiger partial charge in [0.05, 0.1) is 10.8 Å². The van der Waals surface area contributed by atoms with E-state index in [0.717, 1.165) is 11.3 Å². The number of rotatable bonds is 8. The highest BCUT2D eigenvalue weighted by molar-refractivity contribution is 7.99. The molecule has 0 aliphatic rings. The lowest BCUT2D eigenvalue weighted by Crippen LogP contribution is -2.14. The molecular formula is C24H21ClN4O2S. The quantitative estimate of drug-likeness (QED) is 0.317. The van der Waals surface area contributed by atoms with E-state index in [2.05, 4.69) is 15.5 Å². The third-order valence-electron chi connectivity index (χ3n) is 4.60. The van der Waals surface area contributed by atoms with E-state index in [0.29, 0.717) is 34.0 Å². The van der Waals surface area contributed by atoms with Gasteiger partial charge in [0.15, 0.2) is 11.0 Å². The van der Waals surface area contributed by atoms with Crippen LogP contribution in [0.4, 0.5) is 5.69 Å². The molecule has 1 amide bonds. The standard InChI is InChI=1S/C24H21ClN4O2S/c1-2-29-23(20-10-6-7-11-21(20)25)27-28-24(29)32-16-22(30)26-17-12-14-19(15-13-17)31-18-8-4-3-5-9-18/h3-15H,2,16H2,1H3,(H,26,30). The van der Waals surface area contributed by atoms with Gasteiger partial charge in [-0.2, -0.15) is 0 Å². The van der Waals surface area contributed by atoms with Gasteiger partial charge in [0.25, 0.3) is 0 Å². The molecular weight excluding hydrogens is 444 g/mol. The van der Waals surface area contributed by atoms with Gasteiger partial charge in [-0.3, -0.25) is 4.79 Å². The number of hydrogen-bond donors (Lipinski definition) is 1. The Morgan fingerprint density at radius 2 is 1.66 bits per heavy atom. The largest absolute Gasteiger partial charge is 0.457 e. The van der Waals surface area contributed by atoms with Crippen molar-refractivity contribution in [2.75, 3.05) is 11.1 Å². The van der Waals surface area contributed by atoms with Gasteiger partial charge in [-0.1, -0.05) is 53.7 Å². The predicted molar refractivity (Wildman–Crippen MR) is 128 cm³/mol. The fraction of sp³-hybridized carbons (Fsp3) is 0.125. The van der Waals surface area contributed by atoms with Crippen LogP contribution >= 0.6 is 23.4 Å². The van der Waals surface area contributed by atoms with Crippen molar-refractivity contribution in [3.63, 3.8) is 0 Å². The molecule has 0 atom stereocenters. The molecule has 1 aromatic heterocycles. The zero-order valence-electron chi connectivity index (χ0n) is 17.4. The topological polar surface area (TPSA) is 69.0 Å². The molecule has 6 nitrogen and oxygen atoms in total. The Morgan fingerprint density at radius 1 is 0.969 bits per heavy atom. The van der Waals surface area contributed by atoms with Crippen LogP contribution in [0.5, 0.6) is 11.5 Å². The lowest BCUT2D eigenvalue weighted by Gasteiger charge is -2.09. The number of para-hydroxylation sites is 1. The minimum Gasteiger partial charge on any atom is -0.457 e. The maximum atomic E-state index is 12.5. The van der Waals surface area contributed by atoms with Crippen molar-refractivity contribution >= 4 is 35.0 Å². The van der Waals surface area contributed by atoms with Crippen molar-refractivity contribution in [3.8, 4) is 22.9 Å². The number of halogens is 1. The van der Waals surface area contributed by atoms with Gasteiger partial charge in [0, 0.05) is 17.8 Å². The van der Waals surface area contributed by atoms with E-state index in [9.17, 15) is 4.79 Å². The van der Waals surface area contributed by atoms with Gasteiger partial charge < -0.3 is 14.6 Å². The Morgan fingerprint density at radius 3 is 2.38 bits per heavy atom. The Hall–Kier alpha value is -3.29. The molecule has 0 spiro atoms. The molecule has 3 aromatic carbocycles. The molecule has 8 heteroatoms. The first-order chi connectivity index (χ1) is 15.6. The van der Waals surface area contributed by atoms with E-state index in [-0.39, 0.29) is 11.7 Å². The van der Waals surface area contributed by atoms with Crippen molar-refractivity contribution in [1.29, 1.82) is 0 Å². The fourth-order valence-electron chi connectivity index (χ4n) is 3.08. The first-order valence-electron chi connectivity index (χ1n) is 10.1. The molecule has 4 rings (SSSR count). The molecule has 1 N–H and O–H groups in total. The van der Waals surface area contributed by atoms with E-state index in [4.69, 9.17) is 16.3 Å². The van der Waals surface area contributed by atoms with Crippen molar-refractivity contribution in [2.24, 2.45) is 0 Å². The van der Waals surface area contributed by atoms with E-state index in [1.54, 1.807) is 0 Å². The zero-order chi connectivity index (χ0) is 22.3. The summed E-state index contributed by atoms with van der Waals surface area (Å²) in [6.07, 6.45) is 0. The van der Waals surface area contributed by atoms with Crippen molar-refractivity contribution in [1.82, 2.24) is 14.8 Å². The van der Waals surface area contributed by atoms with E-state index < -0.39 is 0 Å². The van der Waals surface area contributed by atoms with Crippen LogP contribution in [0.1, 0.15) is 6.92 Å². The predicted octanol–water partition coefficient (Wildman–Crippen LogP) is 6.14. The first-order valence-corrected chi connectivity index (χ1v) is 11.4. The average Bonchev–Trinajstić information content (AvgIpc) is 3.23. The monoisotopic (exact) mass is 464 g/mol. The highest BCUT2D eigenvalue weighted by Crippen LogP contribution is 2.29. The van der Waals surface area contributed by atoms with Crippen molar-refractivity contribution in [3.05, 3.63) is 83.9 Å². The van der Waals surface area contributed by atoms with Crippen LogP contribution in [-0.4, -0.2) is 26.4 Å². The first kappa shape index (κ1) is 21.9. The summed E-state index contributed by atoms with van der Waals surface area (Å²) >= 11 is 7.64. The van der Waals surface area contributed by atoms with Crippen molar-refractivity contribution < 1.29 is 9.53 Å². The number of thioether (sulfide) groups is 1. The number of benzene rings is 3. The number of ether oxygens (including phenoxy) is 1. The second-order valence-corrected chi connectivity index (χ2v) is 8.16. The molecule has 0 bridgehead atoms. The van der Waals surface area contributed by atoms with Crippen LogP contribution in [0.15, 0.2) is 84.0 Å². The second-order valence-electron chi connectivity index (χ2n) is 6.81. The van der Waals surface area contributed by atoms with Gasteiger partial charge in [0.2, 0.25) is 5.91 Å². The summed E-state index contributed by atoms with van der Waals surface area (Å²) in [4.78, 5) is 12.5. The lowest BCUT2D eigenvalue weighted by molar-refractivity contribution is -0.113. The fourth-order valence-corrected chi connectivity index (χ4v) is 4.10. The van der Waals surface area contributed by atoms with E-state index in [1.807, 2.05) is 90.4 Å². The summed E-state index contributed by atoms with van der Waals surface area (Å²) in [5.41, 5.74) is 1.52. The third kappa shape index (κ3) is 5.30. The molecule has 4 aromatic rings. The molecule has 0 saturated heterocycles. The lowest BCUT2D eigenvalue weighted by atomic mass is 10.2. The summed E-state index contributed by atoms with van der Waals surface area (Å²) in [6, 6.07) is 24.3. The molecule has 0 aliphatic heterocycles. The Kier molecular flexibility index (Phi) is 7.09. The molecule has 0 radical (unpaired) electrons. The Balaban J connectivity index is 1.36. The molecule has 0 fully saturated rings. The highest BCUT2D eigenvalue weighted by atomic mass is 35.5. The van der Waals surface area contributed by atoms with Gasteiger partial charge in [0.1, 0.15) is 11.5 Å². The number of nitrogens with zero attached hydrogens (tertiary/aromatic N) is 3. The number of amides is 1. The molecule has 0 saturated carbocycles. The molecule has 32 heavy (non-hydrogen) atoms. The number of aromatic nitrogens is 3. The Labute approximate surface area is 195 Å². The zero-order valence-corrected chi connectivity index (χ0v) is 18.9. The van der Waals surface area contributed by atoms with Crippen LogP contribution in [0.2, 0.25) is 5.02 Å². The van der Waals surface area contributed by atoms with E-state index >= 15 is 0 Å². The number of carbonyl (C=O) groups is 1. The third-order valence-corrected chi connectivity index (χ3v) is 5.89. The van der Waals surface area contributed by atoms with Gasteiger partial charge >= 0.3 is 0 Å². The smallest absolute Gasteiger partial charge is 0.234 e. The van der Waals surface area contributed by atoms with E-state index in [1.165, 1.54) is 11.8 Å². The number of nitrogens with one attached hydrogen (secondary N) is 1. The molecule has 162 valence electrons. The normalized spacial score (nSPS) is 10.7. The van der Waals surface area contributed by atoms with Gasteiger partial charge in [-0.05, 0) is 55.5 Å². The van der Waals surface area contributed by atoms with Gasteiger partial charge in [-0.25, -0.2) is 0 Å². The molecule has 1 heterocycles. The molecule has 0 unspecified atom stereocenters. The maximum absolute atomic E-state index is 12.5. The summed E-state index contributed by atoms with van der Waals surface area (Å²) in [7, 11) is 0. The Bertz CT molecular complexity index is 1200. The minimum absolute atomic E-state index is 0.128. The van der Waals surface area contributed by atoms with Crippen molar-refractivity contribution in [2.45, 2.75) is 18.6 Å². The number of hydrogen-bond acceptors (Lipinski definition) is 5. The second kappa shape index (κ2) is 10.3. The summed E-state index contributed by atoms with van der Waals surface area (Å²) in [5, 5.41) is 12.7. The summed E-state index contributed by atoms with van der Waals surface area (Å²) in [5.74, 6) is 2.23. The average molecular weight is 465 g/mol. The molecule has 0 aliphatic carbocycles. The van der Waals surface area contributed by atoms with Crippen LogP contribution in [-0.2, 0) is 11.3 Å². The van der Waals surface area contributed by atoms with Gasteiger partial charge in [-0.15, -0.1) is 10.2 Å². The van der Waals surface area contributed by atoms with Crippen LogP contribution in [0.3, 0.4) is 0 Å². The van der Waals surface area contributed by atoms with Crippen LogP contribution in [0.25, 0.3) is 11.4 Å². The van der Waals surface area contributed by atoms with Crippen LogP contribution in [0, 0.1) is 0 Å².